The summed E-state index contributed by atoms with van der Waals surface area (Å²) >= 11 is 0. The highest BCUT2D eigenvalue weighted by Gasteiger charge is 2.28. The zero-order valence-electron chi connectivity index (χ0n) is 14.5. The average Bonchev–Trinajstić information content (AvgIpc) is 3.18. The van der Waals surface area contributed by atoms with Gasteiger partial charge < -0.3 is 9.84 Å². The molecule has 0 bridgehead atoms. The first-order chi connectivity index (χ1) is 11.8. The molecule has 2 unspecified atom stereocenters. The van der Waals surface area contributed by atoms with Crippen molar-refractivity contribution in [3.8, 4) is 5.75 Å². The minimum Gasteiger partial charge on any atom is -0.497 e. The number of ether oxygens (including phenoxy) is 1. The molecule has 1 N–H and O–H groups in total. The van der Waals surface area contributed by atoms with Crippen molar-refractivity contribution in [3.63, 3.8) is 0 Å². The Balaban J connectivity index is 1.86. The predicted molar refractivity (Wildman–Crippen MR) is 98.4 cm³/mol. The van der Waals surface area contributed by atoms with Crippen LogP contribution < -0.4 is 4.74 Å². The van der Waals surface area contributed by atoms with E-state index in [1.54, 1.807) is 7.11 Å². The van der Waals surface area contributed by atoms with Crippen LogP contribution in [0.3, 0.4) is 0 Å². The quantitative estimate of drug-likeness (QED) is 0.775. The molecule has 1 fully saturated rings. The summed E-state index contributed by atoms with van der Waals surface area (Å²) in [6, 6.07) is 19.1. The van der Waals surface area contributed by atoms with Gasteiger partial charge >= 0.3 is 0 Å². The van der Waals surface area contributed by atoms with Gasteiger partial charge in [0.25, 0.3) is 0 Å². The molecule has 1 aliphatic rings. The Morgan fingerprint density at radius 2 is 1.58 bits per heavy atom. The Morgan fingerprint density at radius 3 is 2.17 bits per heavy atom. The summed E-state index contributed by atoms with van der Waals surface area (Å²) in [7, 11) is 1.70. The van der Waals surface area contributed by atoms with E-state index in [2.05, 4.69) is 42.5 Å². The summed E-state index contributed by atoms with van der Waals surface area (Å²) in [5, 5.41) is 9.99. The largest absolute Gasteiger partial charge is 0.497 e. The van der Waals surface area contributed by atoms with E-state index in [1.807, 2.05) is 12.1 Å². The Bertz CT molecular complexity index is 600. The maximum atomic E-state index is 9.99. The summed E-state index contributed by atoms with van der Waals surface area (Å²) in [6.45, 7) is 0.296. The summed E-state index contributed by atoms with van der Waals surface area (Å²) in [5.74, 6) is 2.29. The molecule has 1 saturated carbocycles. The molecule has 0 spiro atoms. The minimum absolute atomic E-state index is 0.296. The van der Waals surface area contributed by atoms with Gasteiger partial charge in [0.15, 0.2) is 0 Å². The number of methoxy groups -OCH3 is 1. The van der Waals surface area contributed by atoms with E-state index in [0.717, 1.165) is 12.2 Å². The Morgan fingerprint density at radius 1 is 0.958 bits per heavy atom. The van der Waals surface area contributed by atoms with Crippen molar-refractivity contribution >= 4 is 0 Å². The molecule has 2 aromatic carbocycles. The van der Waals surface area contributed by atoms with Crippen molar-refractivity contribution in [1.82, 2.24) is 0 Å². The Kier molecular flexibility index (Phi) is 5.92. The normalized spacial score (nSPS) is 17.6. The van der Waals surface area contributed by atoms with E-state index in [0.29, 0.717) is 24.4 Å². The lowest BCUT2D eigenvalue weighted by molar-refractivity contribution is 0.164. The van der Waals surface area contributed by atoms with Crippen LogP contribution in [-0.4, -0.2) is 18.8 Å². The van der Waals surface area contributed by atoms with Gasteiger partial charge in [0.1, 0.15) is 5.75 Å². The van der Waals surface area contributed by atoms with Crippen LogP contribution in [0.4, 0.5) is 0 Å². The summed E-state index contributed by atoms with van der Waals surface area (Å²) in [4.78, 5) is 0. The van der Waals surface area contributed by atoms with Crippen molar-refractivity contribution in [2.75, 3.05) is 13.7 Å². The Labute approximate surface area is 145 Å². The van der Waals surface area contributed by atoms with Gasteiger partial charge in [-0.1, -0.05) is 68.1 Å². The molecule has 0 aliphatic heterocycles. The minimum atomic E-state index is 0.296. The van der Waals surface area contributed by atoms with E-state index < -0.39 is 0 Å². The lowest BCUT2D eigenvalue weighted by Gasteiger charge is -2.27. The molecule has 0 aromatic heterocycles. The van der Waals surface area contributed by atoms with E-state index in [-0.39, 0.29) is 0 Å². The van der Waals surface area contributed by atoms with Crippen LogP contribution in [0.25, 0.3) is 0 Å². The lowest BCUT2D eigenvalue weighted by Crippen LogP contribution is -2.20. The molecular formula is C22H28O2. The fraction of sp³-hybridized carbons (Fsp3) is 0.455. The van der Waals surface area contributed by atoms with Crippen LogP contribution in [0.5, 0.6) is 5.75 Å². The van der Waals surface area contributed by atoms with Crippen LogP contribution in [0.15, 0.2) is 54.6 Å². The van der Waals surface area contributed by atoms with Crippen molar-refractivity contribution in [1.29, 1.82) is 0 Å². The number of hydrogen-bond acceptors (Lipinski definition) is 2. The number of hydrogen-bond donors (Lipinski definition) is 1. The smallest absolute Gasteiger partial charge is 0.118 e. The SMILES string of the molecule is COc1ccc(C(CC(CO)C2CCCC2)c2ccccc2)cc1. The molecular weight excluding hydrogens is 296 g/mol. The molecule has 2 atom stereocenters. The third-order valence-corrected chi connectivity index (χ3v) is 5.56. The molecule has 2 aromatic rings. The third kappa shape index (κ3) is 3.99. The van der Waals surface area contributed by atoms with Crippen molar-refractivity contribution in [3.05, 3.63) is 65.7 Å². The first-order valence-electron chi connectivity index (χ1n) is 9.11. The molecule has 24 heavy (non-hydrogen) atoms. The van der Waals surface area contributed by atoms with Gasteiger partial charge in [0.05, 0.1) is 7.11 Å². The van der Waals surface area contributed by atoms with Crippen molar-refractivity contribution in [2.45, 2.75) is 38.0 Å². The standard InChI is InChI=1S/C22H28O2/c1-24-21-13-11-19(12-14-21)22(18-9-3-2-4-10-18)15-20(16-23)17-7-5-6-8-17/h2-4,9-14,17,20,22-23H,5-8,15-16H2,1H3. The Hall–Kier alpha value is -1.80. The highest BCUT2D eigenvalue weighted by molar-refractivity contribution is 5.36. The second-order valence-electron chi connectivity index (χ2n) is 6.96. The molecule has 0 saturated heterocycles. The molecule has 128 valence electrons. The number of aliphatic hydroxyl groups is 1. The van der Waals surface area contributed by atoms with Gasteiger partial charge in [0, 0.05) is 12.5 Å². The van der Waals surface area contributed by atoms with E-state index in [1.165, 1.54) is 36.8 Å². The average molecular weight is 324 g/mol. The predicted octanol–water partition coefficient (Wildman–Crippen LogP) is 5.02. The van der Waals surface area contributed by atoms with Crippen LogP contribution >= 0.6 is 0 Å². The highest BCUT2D eigenvalue weighted by Crippen LogP contribution is 2.39. The maximum absolute atomic E-state index is 9.99. The van der Waals surface area contributed by atoms with Gasteiger partial charge in [-0.05, 0) is 41.5 Å². The van der Waals surface area contributed by atoms with Gasteiger partial charge in [0.2, 0.25) is 0 Å². The molecule has 1 aliphatic carbocycles. The molecule has 0 heterocycles. The van der Waals surface area contributed by atoms with E-state index in [9.17, 15) is 5.11 Å². The van der Waals surface area contributed by atoms with Gasteiger partial charge in [-0.15, -0.1) is 0 Å². The van der Waals surface area contributed by atoms with Gasteiger partial charge in [-0.2, -0.15) is 0 Å². The highest BCUT2D eigenvalue weighted by atomic mass is 16.5. The molecule has 2 nitrogen and oxygen atoms in total. The summed E-state index contributed by atoms with van der Waals surface area (Å²) in [6.07, 6.45) is 6.20. The van der Waals surface area contributed by atoms with E-state index >= 15 is 0 Å². The van der Waals surface area contributed by atoms with Crippen LogP contribution in [0.2, 0.25) is 0 Å². The zero-order chi connectivity index (χ0) is 16.8. The van der Waals surface area contributed by atoms with Crippen molar-refractivity contribution in [2.24, 2.45) is 11.8 Å². The number of rotatable bonds is 7. The second-order valence-corrected chi connectivity index (χ2v) is 6.96. The van der Waals surface area contributed by atoms with E-state index in [4.69, 9.17) is 4.74 Å². The first kappa shape index (κ1) is 17.0. The molecule has 0 radical (unpaired) electrons. The second kappa shape index (κ2) is 8.34. The topological polar surface area (TPSA) is 29.5 Å². The van der Waals surface area contributed by atoms with Gasteiger partial charge in [-0.3, -0.25) is 0 Å². The summed E-state index contributed by atoms with van der Waals surface area (Å²) in [5.41, 5.74) is 2.64. The fourth-order valence-corrected chi connectivity index (χ4v) is 4.13. The van der Waals surface area contributed by atoms with Crippen molar-refractivity contribution < 1.29 is 9.84 Å². The lowest BCUT2D eigenvalue weighted by atomic mass is 9.78. The molecule has 0 amide bonds. The number of benzene rings is 2. The van der Waals surface area contributed by atoms with Crippen LogP contribution in [0.1, 0.15) is 49.1 Å². The van der Waals surface area contributed by atoms with Crippen LogP contribution in [-0.2, 0) is 0 Å². The number of aliphatic hydroxyl groups excluding tert-OH is 1. The molecule has 2 heteroatoms. The fourth-order valence-electron chi connectivity index (χ4n) is 4.13. The van der Waals surface area contributed by atoms with Gasteiger partial charge in [-0.25, -0.2) is 0 Å². The van der Waals surface area contributed by atoms with Crippen LogP contribution in [0, 0.1) is 11.8 Å². The zero-order valence-corrected chi connectivity index (χ0v) is 14.5. The summed E-state index contributed by atoms with van der Waals surface area (Å²) < 4.78 is 5.30. The molecule has 3 rings (SSSR count). The maximum Gasteiger partial charge on any atom is 0.118 e. The monoisotopic (exact) mass is 324 g/mol. The first-order valence-corrected chi connectivity index (χ1v) is 9.11. The third-order valence-electron chi connectivity index (χ3n) is 5.56.